The SMILES string of the molecule is CC(=O)C(Cl)c1cccc(OC(F)(F)F)c1N. The third-order valence-electron chi connectivity index (χ3n) is 1.96. The Bertz CT molecular complexity index is 434. The summed E-state index contributed by atoms with van der Waals surface area (Å²) in [7, 11) is 0. The van der Waals surface area contributed by atoms with Crippen LogP contribution in [0.2, 0.25) is 0 Å². The first-order chi connectivity index (χ1) is 7.72. The molecule has 0 saturated heterocycles. The lowest BCUT2D eigenvalue weighted by atomic mass is 10.1. The molecule has 0 aliphatic carbocycles. The maximum Gasteiger partial charge on any atom is 0.573 e. The molecule has 0 aliphatic heterocycles. The minimum Gasteiger partial charge on any atom is -0.404 e. The van der Waals surface area contributed by atoms with E-state index in [2.05, 4.69) is 4.74 Å². The number of nitrogens with two attached hydrogens (primary N) is 1. The number of carbonyl (C=O) groups is 1. The van der Waals surface area contributed by atoms with Crippen molar-refractivity contribution < 1.29 is 22.7 Å². The van der Waals surface area contributed by atoms with Gasteiger partial charge in [-0.15, -0.1) is 24.8 Å². The molecule has 3 nitrogen and oxygen atoms in total. The predicted molar refractivity (Wildman–Crippen MR) is 56.8 cm³/mol. The largest absolute Gasteiger partial charge is 0.573 e. The molecule has 0 aromatic heterocycles. The fourth-order valence-electron chi connectivity index (χ4n) is 1.21. The van der Waals surface area contributed by atoms with Gasteiger partial charge < -0.3 is 10.5 Å². The number of alkyl halides is 4. The van der Waals surface area contributed by atoms with Gasteiger partial charge in [0, 0.05) is 5.56 Å². The first-order valence-corrected chi connectivity index (χ1v) is 4.94. The number of ether oxygens (including phenoxy) is 1. The number of nitrogen functional groups attached to an aromatic ring is 1. The highest BCUT2D eigenvalue weighted by Crippen LogP contribution is 2.35. The van der Waals surface area contributed by atoms with Crippen LogP contribution in [0.3, 0.4) is 0 Å². The lowest BCUT2D eigenvalue weighted by molar-refractivity contribution is -0.274. The van der Waals surface area contributed by atoms with Crippen LogP contribution in [-0.2, 0) is 4.79 Å². The second-order valence-corrected chi connectivity index (χ2v) is 3.72. The van der Waals surface area contributed by atoms with E-state index in [-0.39, 0.29) is 11.3 Å². The zero-order valence-electron chi connectivity index (χ0n) is 8.72. The third kappa shape index (κ3) is 3.52. The van der Waals surface area contributed by atoms with Gasteiger partial charge in [-0.2, -0.15) is 0 Å². The monoisotopic (exact) mass is 267 g/mol. The molecular weight excluding hydrogens is 259 g/mol. The van der Waals surface area contributed by atoms with Crippen molar-refractivity contribution in [3.05, 3.63) is 23.8 Å². The van der Waals surface area contributed by atoms with Crippen molar-refractivity contribution in [2.24, 2.45) is 0 Å². The van der Waals surface area contributed by atoms with Gasteiger partial charge >= 0.3 is 6.36 Å². The van der Waals surface area contributed by atoms with Crippen molar-refractivity contribution in [2.45, 2.75) is 18.7 Å². The highest BCUT2D eigenvalue weighted by Gasteiger charge is 2.32. The van der Waals surface area contributed by atoms with Crippen LogP contribution < -0.4 is 10.5 Å². The first-order valence-electron chi connectivity index (χ1n) is 4.51. The molecule has 1 rings (SSSR count). The van der Waals surface area contributed by atoms with Gasteiger partial charge in [-0.05, 0) is 13.0 Å². The topological polar surface area (TPSA) is 52.3 Å². The summed E-state index contributed by atoms with van der Waals surface area (Å²) in [5.74, 6) is -0.982. The molecule has 0 radical (unpaired) electrons. The molecule has 1 atom stereocenters. The molecule has 0 saturated carbocycles. The Hall–Kier alpha value is -1.43. The van der Waals surface area contributed by atoms with E-state index in [4.69, 9.17) is 17.3 Å². The fraction of sp³-hybridized carbons (Fsp3) is 0.300. The molecule has 0 amide bonds. The highest BCUT2D eigenvalue weighted by atomic mass is 35.5. The van der Waals surface area contributed by atoms with Gasteiger partial charge in [-0.25, -0.2) is 0 Å². The Morgan fingerprint density at radius 1 is 1.47 bits per heavy atom. The van der Waals surface area contributed by atoms with E-state index in [1.54, 1.807) is 0 Å². The van der Waals surface area contributed by atoms with Crippen molar-refractivity contribution in [2.75, 3.05) is 5.73 Å². The Labute approximate surface area is 100 Å². The second-order valence-electron chi connectivity index (χ2n) is 3.28. The number of hydrogen-bond acceptors (Lipinski definition) is 3. The molecule has 1 aromatic rings. The summed E-state index contributed by atoms with van der Waals surface area (Å²) in [6, 6.07) is 3.71. The molecule has 17 heavy (non-hydrogen) atoms. The van der Waals surface area contributed by atoms with Crippen molar-refractivity contribution in [1.82, 2.24) is 0 Å². The van der Waals surface area contributed by atoms with Crippen LogP contribution in [0.4, 0.5) is 18.9 Å². The van der Waals surface area contributed by atoms with E-state index in [1.807, 2.05) is 0 Å². The minimum absolute atomic E-state index is 0.0981. The number of ketones is 1. The summed E-state index contributed by atoms with van der Waals surface area (Å²) in [5, 5.41) is -1.09. The summed E-state index contributed by atoms with van der Waals surface area (Å²) in [5.41, 5.74) is 5.27. The average molecular weight is 268 g/mol. The average Bonchev–Trinajstić information content (AvgIpc) is 2.18. The fourth-order valence-corrected chi connectivity index (χ4v) is 1.40. The van der Waals surface area contributed by atoms with Crippen molar-refractivity contribution in [1.29, 1.82) is 0 Å². The van der Waals surface area contributed by atoms with Crippen molar-refractivity contribution >= 4 is 23.1 Å². The number of Topliss-reactive ketones (excluding diaryl/α,β-unsaturated/α-hetero) is 1. The predicted octanol–water partition coefficient (Wildman–Crippen LogP) is 3.04. The first kappa shape index (κ1) is 13.6. The lowest BCUT2D eigenvalue weighted by Gasteiger charge is -2.15. The molecule has 1 unspecified atom stereocenters. The molecule has 7 heteroatoms. The van der Waals surface area contributed by atoms with Crippen molar-refractivity contribution in [3.8, 4) is 5.75 Å². The minimum atomic E-state index is -4.84. The number of carbonyl (C=O) groups excluding carboxylic acids is 1. The van der Waals surface area contributed by atoms with Crippen LogP contribution in [0.5, 0.6) is 5.75 Å². The molecular formula is C10H9ClF3NO2. The molecule has 0 aliphatic rings. The van der Waals surface area contributed by atoms with E-state index in [9.17, 15) is 18.0 Å². The maximum atomic E-state index is 12.0. The molecule has 1 aromatic carbocycles. The number of rotatable bonds is 3. The molecule has 0 spiro atoms. The number of hydrogen-bond donors (Lipinski definition) is 1. The zero-order valence-corrected chi connectivity index (χ0v) is 9.47. The Balaban J connectivity index is 3.12. The number of para-hydroxylation sites is 1. The standard InChI is InChI=1S/C10H9ClF3NO2/c1-5(16)8(11)6-3-2-4-7(9(6)15)17-10(12,13)14/h2-4,8H,15H2,1H3. The Kier molecular flexibility index (Phi) is 3.87. The van der Waals surface area contributed by atoms with E-state index in [0.717, 1.165) is 6.07 Å². The van der Waals surface area contributed by atoms with Gasteiger partial charge in [0.25, 0.3) is 0 Å². The smallest absolute Gasteiger partial charge is 0.404 e. The zero-order chi connectivity index (χ0) is 13.2. The maximum absolute atomic E-state index is 12.0. The quantitative estimate of drug-likeness (QED) is 0.676. The molecule has 94 valence electrons. The summed E-state index contributed by atoms with van der Waals surface area (Å²) in [4.78, 5) is 11.0. The van der Waals surface area contributed by atoms with Gasteiger partial charge in [-0.3, -0.25) is 4.79 Å². The lowest BCUT2D eigenvalue weighted by Crippen LogP contribution is -2.18. The molecule has 2 N–H and O–H groups in total. The van der Waals surface area contributed by atoms with E-state index < -0.39 is 23.3 Å². The van der Waals surface area contributed by atoms with Crippen LogP contribution in [0, 0.1) is 0 Å². The summed E-state index contributed by atoms with van der Waals surface area (Å²) < 4.78 is 39.8. The molecule has 0 bridgehead atoms. The number of benzene rings is 1. The summed E-state index contributed by atoms with van der Waals surface area (Å²) >= 11 is 5.72. The number of halogens is 4. The summed E-state index contributed by atoms with van der Waals surface area (Å²) in [6.45, 7) is 1.22. The van der Waals surface area contributed by atoms with Crippen LogP contribution >= 0.6 is 11.6 Å². The van der Waals surface area contributed by atoms with Gasteiger partial charge in [0.05, 0.1) is 5.69 Å². The Morgan fingerprint density at radius 3 is 2.53 bits per heavy atom. The normalized spacial score (nSPS) is 13.2. The van der Waals surface area contributed by atoms with Gasteiger partial charge in [-0.1, -0.05) is 12.1 Å². The summed E-state index contributed by atoms with van der Waals surface area (Å²) in [6.07, 6.45) is -4.84. The van der Waals surface area contributed by atoms with Crippen LogP contribution in [0.15, 0.2) is 18.2 Å². The van der Waals surface area contributed by atoms with E-state index in [0.29, 0.717) is 0 Å². The Morgan fingerprint density at radius 2 is 2.06 bits per heavy atom. The van der Waals surface area contributed by atoms with Gasteiger partial charge in [0.1, 0.15) is 5.38 Å². The van der Waals surface area contributed by atoms with Crippen LogP contribution in [0.25, 0.3) is 0 Å². The molecule has 0 fully saturated rings. The van der Waals surface area contributed by atoms with E-state index in [1.165, 1.54) is 19.1 Å². The van der Waals surface area contributed by atoms with Gasteiger partial charge in [0.2, 0.25) is 0 Å². The van der Waals surface area contributed by atoms with Crippen molar-refractivity contribution in [3.63, 3.8) is 0 Å². The van der Waals surface area contributed by atoms with Gasteiger partial charge in [0.15, 0.2) is 11.5 Å². The van der Waals surface area contributed by atoms with E-state index >= 15 is 0 Å². The second kappa shape index (κ2) is 4.83. The molecule has 0 heterocycles. The third-order valence-corrected chi connectivity index (χ3v) is 2.50. The van der Waals surface area contributed by atoms with Crippen LogP contribution in [0.1, 0.15) is 17.9 Å². The number of anilines is 1. The van der Waals surface area contributed by atoms with Crippen LogP contribution in [-0.4, -0.2) is 12.1 Å². The highest BCUT2D eigenvalue weighted by molar-refractivity contribution is 6.31.